The van der Waals surface area contributed by atoms with Crippen LogP contribution < -0.4 is 10.6 Å². The molecule has 0 heterocycles. The Balaban J connectivity index is 1.71. The van der Waals surface area contributed by atoms with Crippen LogP contribution in [0.1, 0.15) is 48.9 Å². The minimum atomic E-state index is -1.02. The highest BCUT2D eigenvalue weighted by molar-refractivity contribution is 6.34. The van der Waals surface area contributed by atoms with E-state index in [4.69, 9.17) is 11.6 Å². The molecule has 2 aliphatic carbocycles. The van der Waals surface area contributed by atoms with Gasteiger partial charge < -0.3 is 15.4 Å². The summed E-state index contributed by atoms with van der Waals surface area (Å²) in [7, 11) is 1.28. The Morgan fingerprint density at radius 1 is 1.16 bits per heavy atom. The van der Waals surface area contributed by atoms with Gasteiger partial charge in [0.1, 0.15) is 5.41 Å². The molecule has 0 spiro atoms. The summed E-state index contributed by atoms with van der Waals surface area (Å²) in [6.45, 7) is 0. The Morgan fingerprint density at radius 3 is 2.44 bits per heavy atom. The molecular weight excluding hydrogens is 344 g/mol. The summed E-state index contributed by atoms with van der Waals surface area (Å²) in [5, 5.41) is 5.99. The van der Waals surface area contributed by atoms with E-state index in [0.717, 1.165) is 25.7 Å². The fourth-order valence-corrected chi connectivity index (χ4v) is 3.35. The molecule has 3 rings (SSSR count). The number of methoxy groups -OCH3 is 1. The standard InChI is InChI=1S/C18H21ClN2O4/c1-25-15(22)11-6-7-13(19)14(10-11)21-17(24)18(8-9-18)16(23)20-12-4-2-3-5-12/h6-7,10,12H,2-5,8-9H2,1H3,(H,20,23)(H,21,24). The molecule has 6 nitrogen and oxygen atoms in total. The number of benzene rings is 1. The molecule has 25 heavy (non-hydrogen) atoms. The third kappa shape index (κ3) is 3.63. The molecule has 0 aliphatic heterocycles. The molecule has 2 saturated carbocycles. The molecule has 7 heteroatoms. The molecule has 0 aromatic heterocycles. The lowest BCUT2D eigenvalue weighted by Gasteiger charge is -2.19. The summed E-state index contributed by atoms with van der Waals surface area (Å²) in [4.78, 5) is 36.8. The number of ether oxygens (including phenoxy) is 1. The lowest BCUT2D eigenvalue weighted by molar-refractivity contribution is -0.134. The van der Waals surface area contributed by atoms with Crippen LogP contribution in [-0.2, 0) is 14.3 Å². The Bertz CT molecular complexity index is 709. The van der Waals surface area contributed by atoms with Crippen molar-refractivity contribution in [1.82, 2.24) is 5.32 Å². The van der Waals surface area contributed by atoms with Crippen molar-refractivity contribution in [1.29, 1.82) is 0 Å². The first-order valence-electron chi connectivity index (χ1n) is 8.46. The van der Waals surface area contributed by atoms with Crippen LogP contribution in [0.5, 0.6) is 0 Å². The van der Waals surface area contributed by atoms with Gasteiger partial charge in [-0.3, -0.25) is 9.59 Å². The van der Waals surface area contributed by atoms with Crippen molar-refractivity contribution in [3.05, 3.63) is 28.8 Å². The Morgan fingerprint density at radius 2 is 1.84 bits per heavy atom. The van der Waals surface area contributed by atoms with E-state index < -0.39 is 11.4 Å². The monoisotopic (exact) mass is 364 g/mol. The summed E-state index contributed by atoms with van der Waals surface area (Å²) in [6.07, 6.45) is 5.20. The van der Waals surface area contributed by atoms with Crippen LogP contribution in [0.15, 0.2) is 18.2 Å². The Kier molecular flexibility index (Phi) is 4.99. The number of hydrogen-bond acceptors (Lipinski definition) is 4. The van der Waals surface area contributed by atoms with Crippen molar-refractivity contribution in [3.8, 4) is 0 Å². The molecule has 2 amide bonds. The third-order valence-electron chi connectivity index (χ3n) is 4.95. The zero-order valence-electron chi connectivity index (χ0n) is 14.1. The smallest absolute Gasteiger partial charge is 0.337 e. The average molecular weight is 365 g/mol. The van der Waals surface area contributed by atoms with E-state index in [1.54, 1.807) is 0 Å². The van der Waals surface area contributed by atoms with Gasteiger partial charge in [-0.15, -0.1) is 0 Å². The maximum atomic E-state index is 12.7. The maximum Gasteiger partial charge on any atom is 0.337 e. The summed E-state index contributed by atoms with van der Waals surface area (Å²) < 4.78 is 4.67. The van der Waals surface area contributed by atoms with Gasteiger partial charge in [0.15, 0.2) is 0 Å². The number of rotatable bonds is 5. The van der Waals surface area contributed by atoms with Gasteiger partial charge in [0.25, 0.3) is 0 Å². The van der Waals surface area contributed by atoms with Crippen LogP contribution in [0.2, 0.25) is 5.02 Å². The van der Waals surface area contributed by atoms with Crippen LogP contribution in [0, 0.1) is 5.41 Å². The number of amides is 2. The molecule has 0 unspecified atom stereocenters. The number of nitrogens with one attached hydrogen (secondary N) is 2. The van der Waals surface area contributed by atoms with E-state index in [0.29, 0.717) is 23.6 Å². The van der Waals surface area contributed by atoms with Crippen molar-refractivity contribution >= 4 is 35.1 Å². The molecule has 2 N–H and O–H groups in total. The molecule has 1 aromatic rings. The predicted molar refractivity (Wildman–Crippen MR) is 93.5 cm³/mol. The fraction of sp³-hybridized carbons (Fsp3) is 0.500. The number of carbonyl (C=O) groups is 3. The number of carbonyl (C=O) groups excluding carboxylic acids is 3. The van der Waals surface area contributed by atoms with E-state index in [2.05, 4.69) is 15.4 Å². The van der Waals surface area contributed by atoms with Crippen molar-refractivity contribution < 1.29 is 19.1 Å². The molecule has 0 atom stereocenters. The zero-order valence-corrected chi connectivity index (χ0v) is 14.8. The van der Waals surface area contributed by atoms with Crippen LogP contribution in [0.3, 0.4) is 0 Å². The lowest BCUT2D eigenvalue weighted by Crippen LogP contribution is -2.43. The zero-order chi connectivity index (χ0) is 18.0. The first-order chi connectivity index (χ1) is 12.0. The number of halogens is 1. The second-order valence-electron chi connectivity index (χ2n) is 6.68. The largest absolute Gasteiger partial charge is 0.465 e. The number of hydrogen-bond donors (Lipinski definition) is 2. The highest BCUT2D eigenvalue weighted by Gasteiger charge is 2.57. The van der Waals surface area contributed by atoms with E-state index in [-0.39, 0.29) is 23.4 Å². The molecular formula is C18H21ClN2O4. The molecule has 134 valence electrons. The Labute approximate surface area is 151 Å². The molecule has 0 bridgehead atoms. The Hall–Kier alpha value is -2.08. The summed E-state index contributed by atoms with van der Waals surface area (Å²) >= 11 is 6.11. The highest BCUT2D eigenvalue weighted by atomic mass is 35.5. The summed E-state index contributed by atoms with van der Waals surface area (Å²) in [5.41, 5.74) is -0.440. The van der Waals surface area contributed by atoms with Gasteiger partial charge in [0.05, 0.1) is 23.4 Å². The van der Waals surface area contributed by atoms with Gasteiger partial charge in [-0.2, -0.15) is 0 Å². The van der Waals surface area contributed by atoms with E-state index in [9.17, 15) is 14.4 Å². The minimum absolute atomic E-state index is 0.170. The second-order valence-corrected chi connectivity index (χ2v) is 7.08. The lowest BCUT2D eigenvalue weighted by atomic mass is 10.0. The number of esters is 1. The van der Waals surface area contributed by atoms with Crippen molar-refractivity contribution in [3.63, 3.8) is 0 Å². The van der Waals surface area contributed by atoms with Gasteiger partial charge in [-0.05, 0) is 43.9 Å². The second kappa shape index (κ2) is 7.04. The normalized spacial score (nSPS) is 18.5. The quantitative estimate of drug-likeness (QED) is 0.621. The topological polar surface area (TPSA) is 84.5 Å². The van der Waals surface area contributed by atoms with Gasteiger partial charge in [-0.25, -0.2) is 4.79 Å². The van der Waals surface area contributed by atoms with Crippen LogP contribution >= 0.6 is 11.6 Å². The minimum Gasteiger partial charge on any atom is -0.465 e. The van der Waals surface area contributed by atoms with E-state index in [1.807, 2.05) is 0 Å². The third-order valence-corrected chi connectivity index (χ3v) is 5.27. The molecule has 0 saturated heterocycles. The summed E-state index contributed by atoms with van der Waals surface area (Å²) in [6, 6.07) is 4.66. The van der Waals surface area contributed by atoms with Crippen molar-refractivity contribution in [2.75, 3.05) is 12.4 Å². The first kappa shape index (κ1) is 17.7. The highest BCUT2D eigenvalue weighted by Crippen LogP contribution is 2.47. The number of anilines is 1. The van der Waals surface area contributed by atoms with Crippen molar-refractivity contribution in [2.45, 2.75) is 44.6 Å². The summed E-state index contributed by atoms with van der Waals surface area (Å²) in [5.74, 6) is -1.11. The average Bonchev–Trinajstić information content (AvgIpc) is 3.28. The molecule has 1 aromatic carbocycles. The SMILES string of the molecule is COC(=O)c1ccc(Cl)c(NC(=O)C2(C(=O)NC3CCCC3)CC2)c1. The fourth-order valence-electron chi connectivity index (χ4n) is 3.18. The predicted octanol–water partition coefficient (Wildman–Crippen LogP) is 2.90. The van der Waals surface area contributed by atoms with Crippen molar-refractivity contribution in [2.24, 2.45) is 5.41 Å². The van der Waals surface area contributed by atoms with Crippen LogP contribution in [-0.4, -0.2) is 30.9 Å². The molecule has 2 aliphatic rings. The van der Waals surface area contributed by atoms with Gasteiger partial charge >= 0.3 is 5.97 Å². The van der Waals surface area contributed by atoms with Gasteiger partial charge in [0, 0.05) is 6.04 Å². The van der Waals surface area contributed by atoms with E-state index >= 15 is 0 Å². The van der Waals surface area contributed by atoms with Crippen LogP contribution in [0.25, 0.3) is 0 Å². The van der Waals surface area contributed by atoms with E-state index in [1.165, 1.54) is 25.3 Å². The van der Waals surface area contributed by atoms with Crippen LogP contribution in [0.4, 0.5) is 5.69 Å². The first-order valence-corrected chi connectivity index (χ1v) is 8.84. The molecule has 0 radical (unpaired) electrons. The maximum absolute atomic E-state index is 12.7. The van der Waals surface area contributed by atoms with Gasteiger partial charge in [-0.1, -0.05) is 24.4 Å². The van der Waals surface area contributed by atoms with Gasteiger partial charge in [0.2, 0.25) is 11.8 Å². The molecule has 2 fully saturated rings.